The van der Waals surface area contributed by atoms with Gasteiger partial charge >= 0.3 is 0 Å². The average Bonchev–Trinajstić information content (AvgIpc) is 2.51. The largest absolute Gasteiger partial charge is 0.307 e. The summed E-state index contributed by atoms with van der Waals surface area (Å²) in [6.07, 6.45) is 0. The fraction of sp³-hybridized carbons (Fsp3) is 0.455. The number of benzene rings is 1. The smallest absolute Gasteiger partial charge is 0.153 e. The second kappa shape index (κ2) is 5.14. The number of hydrogen-bond donors (Lipinski definition) is 1. The van der Waals surface area contributed by atoms with Gasteiger partial charge < -0.3 is 5.32 Å². The van der Waals surface area contributed by atoms with Crippen molar-refractivity contribution in [1.29, 1.82) is 0 Å². The van der Waals surface area contributed by atoms with Crippen LogP contribution in [0.4, 0.5) is 0 Å². The Kier molecular flexibility index (Phi) is 3.98. The van der Waals surface area contributed by atoms with Crippen molar-refractivity contribution >= 4 is 33.0 Å². The summed E-state index contributed by atoms with van der Waals surface area (Å²) in [7, 11) is -2.99. The standard InChI is InChI=1S/C11H13Cl2NO2S/c12-9-4-2-1-3-8(9)5-14-11-7-17(15,16)6-10(11)13/h1-4,10-11,14H,5-7H2/t10-,11-/m1/s1. The molecule has 1 aromatic rings. The van der Waals surface area contributed by atoms with Crippen LogP contribution in [0.5, 0.6) is 0 Å². The van der Waals surface area contributed by atoms with Crippen LogP contribution in [-0.2, 0) is 16.4 Å². The highest BCUT2D eigenvalue weighted by Crippen LogP contribution is 2.20. The van der Waals surface area contributed by atoms with Gasteiger partial charge in [-0.3, -0.25) is 0 Å². The van der Waals surface area contributed by atoms with E-state index in [1.54, 1.807) is 0 Å². The minimum atomic E-state index is -2.99. The maximum Gasteiger partial charge on any atom is 0.153 e. The molecule has 1 aromatic carbocycles. The third-order valence-electron chi connectivity index (χ3n) is 2.80. The summed E-state index contributed by atoms with van der Waals surface area (Å²) in [6.45, 7) is 0.531. The molecule has 2 atom stereocenters. The molecule has 0 bridgehead atoms. The van der Waals surface area contributed by atoms with E-state index in [0.29, 0.717) is 11.6 Å². The van der Waals surface area contributed by atoms with E-state index in [1.165, 1.54) is 0 Å². The third-order valence-corrected chi connectivity index (χ3v) is 5.54. The van der Waals surface area contributed by atoms with Gasteiger partial charge in [0.1, 0.15) is 0 Å². The molecule has 17 heavy (non-hydrogen) atoms. The Bertz CT molecular complexity index is 504. The summed E-state index contributed by atoms with van der Waals surface area (Å²) in [5.41, 5.74) is 0.947. The van der Waals surface area contributed by atoms with Crippen molar-refractivity contribution in [1.82, 2.24) is 5.32 Å². The van der Waals surface area contributed by atoms with Crippen LogP contribution in [0.2, 0.25) is 5.02 Å². The van der Waals surface area contributed by atoms with Gasteiger partial charge in [0.15, 0.2) is 9.84 Å². The Morgan fingerprint density at radius 1 is 1.29 bits per heavy atom. The predicted molar refractivity (Wildman–Crippen MR) is 70.4 cm³/mol. The molecule has 2 rings (SSSR count). The van der Waals surface area contributed by atoms with Gasteiger partial charge in [0.2, 0.25) is 0 Å². The van der Waals surface area contributed by atoms with E-state index in [-0.39, 0.29) is 22.9 Å². The molecule has 1 saturated heterocycles. The lowest BCUT2D eigenvalue weighted by Crippen LogP contribution is -2.35. The van der Waals surface area contributed by atoms with E-state index in [2.05, 4.69) is 5.32 Å². The van der Waals surface area contributed by atoms with Gasteiger partial charge in [-0.15, -0.1) is 11.6 Å². The topological polar surface area (TPSA) is 46.2 Å². The Morgan fingerprint density at radius 2 is 2.00 bits per heavy atom. The zero-order valence-corrected chi connectivity index (χ0v) is 11.4. The van der Waals surface area contributed by atoms with Crippen molar-refractivity contribution in [2.75, 3.05) is 11.5 Å². The minimum absolute atomic E-state index is 0.0503. The molecule has 0 radical (unpaired) electrons. The van der Waals surface area contributed by atoms with Crippen LogP contribution in [0.1, 0.15) is 5.56 Å². The molecule has 0 saturated carbocycles. The molecule has 0 amide bonds. The zero-order valence-electron chi connectivity index (χ0n) is 9.07. The average molecular weight is 294 g/mol. The van der Waals surface area contributed by atoms with Gasteiger partial charge in [0, 0.05) is 17.6 Å². The molecule has 3 nitrogen and oxygen atoms in total. The fourth-order valence-electron chi connectivity index (χ4n) is 1.87. The van der Waals surface area contributed by atoms with E-state index in [9.17, 15) is 8.42 Å². The van der Waals surface area contributed by atoms with E-state index in [4.69, 9.17) is 23.2 Å². The van der Waals surface area contributed by atoms with Crippen molar-refractivity contribution in [3.05, 3.63) is 34.9 Å². The molecular weight excluding hydrogens is 281 g/mol. The van der Waals surface area contributed by atoms with Crippen LogP contribution in [0, 0.1) is 0 Å². The quantitative estimate of drug-likeness (QED) is 0.865. The fourth-order valence-corrected chi connectivity index (χ4v) is 4.69. The number of rotatable bonds is 3. The molecule has 1 aliphatic rings. The zero-order chi connectivity index (χ0) is 12.5. The monoisotopic (exact) mass is 293 g/mol. The normalized spacial score (nSPS) is 27.2. The Morgan fingerprint density at radius 3 is 2.59 bits per heavy atom. The summed E-state index contributed by atoms with van der Waals surface area (Å²) >= 11 is 12.0. The first-order valence-corrected chi connectivity index (χ1v) is 7.93. The summed E-state index contributed by atoms with van der Waals surface area (Å²) in [4.78, 5) is 0. The van der Waals surface area contributed by atoms with Gasteiger partial charge in [0.05, 0.1) is 16.9 Å². The number of halogens is 2. The van der Waals surface area contributed by atoms with Crippen molar-refractivity contribution in [2.45, 2.75) is 18.0 Å². The predicted octanol–water partition coefficient (Wildman–Crippen LogP) is 1.83. The van der Waals surface area contributed by atoms with Crippen molar-refractivity contribution in [3.63, 3.8) is 0 Å². The molecule has 1 aliphatic heterocycles. The Balaban J connectivity index is 1.98. The van der Waals surface area contributed by atoms with Crippen LogP contribution in [0.25, 0.3) is 0 Å². The lowest BCUT2D eigenvalue weighted by molar-refractivity contribution is 0.558. The van der Waals surface area contributed by atoms with E-state index >= 15 is 0 Å². The number of alkyl halides is 1. The Labute approximate surface area is 111 Å². The summed E-state index contributed by atoms with van der Waals surface area (Å²) in [6, 6.07) is 7.27. The molecule has 0 aliphatic carbocycles. The maximum atomic E-state index is 11.4. The van der Waals surface area contributed by atoms with Crippen LogP contribution < -0.4 is 5.32 Å². The molecule has 6 heteroatoms. The van der Waals surface area contributed by atoms with E-state index in [0.717, 1.165) is 5.56 Å². The molecule has 94 valence electrons. The second-order valence-corrected chi connectivity index (χ2v) is 7.29. The van der Waals surface area contributed by atoms with Gasteiger partial charge in [-0.2, -0.15) is 0 Å². The first-order valence-electron chi connectivity index (χ1n) is 5.29. The molecule has 1 fully saturated rings. The lowest BCUT2D eigenvalue weighted by atomic mass is 10.2. The SMILES string of the molecule is O=S1(=O)C[C@@H](Cl)[C@H](NCc2ccccc2Cl)C1. The molecule has 0 aromatic heterocycles. The molecule has 1 N–H and O–H groups in total. The van der Waals surface area contributed by atoms with Crippen LogP contribution in [-0.4, -0.2) is 31.3 Å². The van der Waals surface area contributed by atoms with Crippen molar-refractivity contribution in [3.8, 4) is 0 Å². The number of sulfone groups is 1. The summed E-state index contributed by atoms with van der Waals surface area (Å²) in [5, 5.41) is 3.46. The Hall–Kier alpha value is -0.290. The number of nitrogens with one attached hydrogen (secondary N) is 1. The number of hydrogen-bond acceptors (Lipinski definition) is 3. The van der Waals surface area contributed by atoms with Crippen LogP contribution >= 0.6 is 23.2 Å². The van der Waals surface area contributed by atoms with Crippen molar-refractivity contribution in [2.24, 2.45) is 0 Å². The molecule has 0 unspecified atom stereocenters. The first kappa shape index (κ1) is 13.1. The second-order valence-electron chi connectivity index (χ2n) is 4.17. The molecular formula is C11H13Cl2NO2S. The highest BCUT2D eigenvalue weighted by atomic mass is 35.5. The summed E-state index contributed by atoms with van der Waals surface area (Å²) in [5.74, 6) is 0.153. The summed E-state index contributed by atoms with van der Waals surface area (Å²) < 4.78 is 22.8. The molecule has 0 spiro atoms. The maximum absolute atomic E-state index is 11.4. The lowest BCUT2D eigenvalue weighted by Gasteiger charge is -2.14. The van der Waals surface area contributed by atoms with Gasteiger partial charge in [-0.25, -0.2) is 8.42 Å². The van der Waals surface area contributed by atoms with E-state index < -0.39 is 9.84 Å². The van der Waals surface area contributed by atoms with E-state index in [1.807, 2.05) is 24.3 Å². The highest BCUT2D eigenvalue weighted by molar-refractivity contribution is 7.91. The minimum Gasteiger partial charge on any atom is -0.307 e. The van der Waals surface area contributed by atoms with Gasteiger partial charge in [0.25, 0.3) is 0 Å². The third kappa shape index (κ3) is 3.35. The van der Waals surface area contributed by atoms with Crippen molar-refractivity contribution < 1.29 is 8.42 Å². The highest BCUT2D eigenvalue weighted by Gasteiger charge is 2.35. The first-order chi connectivity index (χ1) is 7.98. The van der Waals surface area contributed by atoms with Gasteiger partial charge in [-0.05, 0) is 11.6 Å². The molecule has 1 heterocycles. The van der Waals surface area contributed by atoms with Crippen LogP contribution in [0.3, 0.4) is 0 Å². The van der Waals surface area contributed by atoms with Gasteiger partial charge in [-0.1, -0.05) is 29.8 Å². The van der Waals surface area contributed by atoms with Crippen LogP contribution in [0.15, 0.2) is 24.3 Å².